The second-order valence-corrected chi connectivity index (χ2v) is 5.74. The molecule has 0 spiro atoms. The van der Waals surface area contributed by atoms with Crippen LogP contribution in [0.4, 0.5) is 27.5 Å². The van der Waals surface area contributed by atoms with Gasteiger partial charge in [0.25, 0.3) is 0 Å². The number of aromatic nitrogens is 3. The van der Waals surface area contributed by atoms with Crippen LogP contribution in [0.2, 0.25) is 0 Å². The summed E-state index contributed by atoms with van der Waals surface area (Å²) < 4.78 is 13.9. The van der Waals surface area contributed by atoms with Crippen molar-refractivity contribution in [2.24, 2.45) is 0 Å². The van der Waals surface area contributed by atoms with Gasteiger partial charge in [-0.2, -0.15) is 10.1 Å². The Balaban J connectivity index is 1.76. The van der Waals surface area contributed by atoms with Gasteiger partial charge in [-0.3, -0.25) is 0 Å². The number of benzene rings is 2. The number of nitrogens with one attached hydrogen (secondary N) is 2. The second kappa shape index (κ2) is 6.70. The first-order valence-electron chi connectivity index (χ1n) is 6.86. The molecule has 0 atom stereocenters. The van der Waals surface area contributed by atoms with Gasteiger partial charge in [0.05, 0.1) is 6.20 Å². The molecule has 116 valence electrons. The Labute approximate surface area is 141 Å². The lowest BCUT2D eigenvalue weighted by Gasteiger charge is -2.08. The predicted molar refractivity (Wildman–Crippen MR) is 91.7 cm³/mol. The van der Waals surface area contributed by atoms with Gasteiger partial charge in [-0.05, 0) is 48.9 Å². The molecular weight excluding hydrogens is 361 g/mol. The van der Waals surface area contributed by atoms with E-state index in [-0.39, 0.29) is 5.82 Å². The molecule has 0 saturated heterocycles. The van der Waals surface area contributed by atoms with E-state index in [1.165, 1.54) is 18.3 Å². The maximum absolute atomic E-state index is 12.9. The van der Waals surface area contributed by atoms with E-state index in [1.807, 2.05) is 25.1 Å². The lowest BCUT2D eigenvalue weighted by Crippen LogP contribution is -2.02. The minimum Gasteiger partial charge on any atom is -0.339 e. The predicted octanol–water partition coefficient (Wildman–Crippen LogP) is 4.57. The third-order valence-electron chi connectivity index (χ3n) is 3.10. The van der Waals surface area contributed by atoms with Gasteiger partial charge in [-0.1, -0.05) is 22.0 Å². The van der Waals surface area contributed by atoms with Gasteiger partial charge in [-0.15, -0.1) is 5.10 Å². The van der Waals surface area contributed by atoms with Crippen LogP contribution in [0.5, 0.6) is 0 Å². The Morgan fingerprint density at radius 1 is 1.00 bits per heavy atom. The van der Waals surface area contributed by atoms with E-state index >= 15 is 0 Å². The van der Waals surface area contributed by atoms with Crippen LogP contribution in [0.15, 0.2) is 53.1 Å². The Bertz CT molecular complexity index is 823. The SMILES string of the molecule is Cc1ccc(Nc2nncc(Nc3ccc(F)cc3)n2)cc1Br. The zero-order chi connectivity index (χ0) is 16.2. The van der Waals surface area contributed by atoms with Gasteiger partial charge < -0.3 is 10.6 Å². The summed E-state index contributed by atoms with van der Waals surface area (Å²) in [7, 11) is 0. The molecule has 2 N–H and O–H groups in total. The molecule has 0 unspecified atom stereocenters. The molecule has 1 aromatic heterocycles. The smallest absolute Gasteiger partial charge is 0.249 e. The highest BCUT2D eigenvalue weighted by molar-refractivity contribution is 9.10. The van der Waals surface area contributed by atoms with Crippen molar-refractivity contribution in [3.63, 3.8) is 0 Å². The van der Waals surface area contributed by atoms with Gasteiger partial charge in [0.1, 0.15) is 5.82 Å². The van der Waals surface area contributed by atoms with Crippen LogP contribution in [0.25, 0.3) is 0 Å². The van der Waals surface area contributed by atoms with Crippen molar-refractivity contribution in [2.75, 3.05) is 10.6 Å². The van der Waals surface area contributed by atoms with Crippen LogP contribution in [0.3, 0.4) is 0 Å². The minimum absolute atomic E-state index is 0.288. The number of hydrogen-bond acceptors (Lipinski definition) is 5. The normalized spacial score (nSPS) is 10.4. The number of halogens is 2. The first-order chi connectivity index (χ1) is 11.1. The molecule has 0 aliphatic heterocycles. The van der Waals surface area contributed by atoms with Crippen molar-refractivity contribution in [1.29, 1.82) is 0 Å². The highest BCUT2D eigenvalue weighted by Crippen LogP contribution is 2.23. The van der Waals surface area contributed by atoms with Gasteiger partial charge in [-0.25, -0.2) is 4.39 Å². The fourth-order valence-corrected chi connectivity index (χ4v) is 2.28. The molecule has 5 nitrogen and oxygen atoms in total. The molecule has 3 aromatic rings. The summed E-state index contributed by atoms with van der Waals surface area (Å²) in [6.07, 6.45) is 1.50. The van der Waals surface area contributed by atoms with E-state index < -0.39 is 0 Å². The molecule has 0 aliphatic carbocycles. The van der Waals surface area contributed by atoms with Crippen molar-refractivity contribution in [3.05, 3.63) is 64.5 Å². The second-order valence-electron chi connectivity index (χ2n) is 4.89. The molecule has 0 saturated carbocycles. The third kappa shape index (κ3) is 4.01. The maximum atomic E-state index is 12.9. The molecule has 23 heavy (non-hydrogen) atoms. The van der Waals surface area contributed by atoms with Crippen molar-refractivity contribution in [2.45, 2.75) is 6.92 Å². The molecule has 7 heteroatoms. The first-order valence-corrected chi connectivity index (χ1v) is 7.65. The summed E-state index contributed by atoms with van der Waals surface area (Å²) in [5, 5.41) is 14.0. The summed E-state index contributed by atoms with van der Waals surface area (Å²) in [6.45, 7) is 2.01. The van der Waals surface area contributed by atoms with E-state index in [4.69, 9.17) is 0 Å². The third-order valence-corrected chi connectivity index (χ3v) is 3.96. The Kier molecular flexibility index (Phi) is 4.47. The van der Waals surface area contributed by atoms with E-state index in [0.29, 0.717) is 11.8 Å². The van der Waals surface area contributed by atoms with Gasteiger partial charge in [0, 0.05) is 15.8 Å². The molecule has 0 bridgehead atoms. The zero-order valence-electron chi connectivity index (χ0n) is 12.2. The summed E-state index contributed by atoms with van der Waals surface area (Å²) in [6, 6.07) is 11.9. The summed E-state index contributed by atoms with van der Waals surface area (Å²) >= 11 is 3.48. The number of nitrogens with zero attached hydrogens (tertiary/aromatic N) is 3. The fourth-order valence-electron chi connectivity index (χ4n) is 1.90. The van der Waals surface area contributed by atoms with E-state index in [9.17, 15) is 4.39 Å². The van der Waals surface area contributed by atoms with Crippen molar-refractivity contribution in [3.8, 4) is 0 Å². The zero-order valence-corrected chi connectivity index (χ0v) is 13.8. The monoisotopic (exact) mass is 373 g/mol. The lowest BCUT2D eigenvalue weighted by atomic mass is 10.2. The van der Waals surface area contributed by atoms with Crippen LogP contribution in [-0.2, 0) is 0 Å². The standard InChI is InChI=1S/C16H13BrFN5/c1-10-2-5-13(8-14(10)17)21-16-22-15(9-19-23-16)20-12-6-3-11(18)4-7-12/h2-9H,1H3,(H2,20,21,22,23). The quantitative estimate of drug-likeness (QED) is 0.701. The average Bonchev–Trinajstić information content (AvgIpc) is 2.54. The average molecular weight is 374 g/mol. The van der Waals surface area contributed by atoms with Crippen LogP contribution < -0.4 is 10.6 Å². The van der Waals surface area contributed by atoms with Crippen LogP contribution in [-0.4, -0.2) is 15.2 Å². The number of anilines is 4. The van der Waals surface area contributed by atoms with Crippen molar-refractivity contribution in [1.82, 2.24) is 15.2 Å². The lowest BCUT2D eigenvalue weighted by molar-refractivity contribution is 0.628. The van der Waals surface area contributed by atoms with E-state index in [0.717, 1.165) is 21.4 Å². The van der Waals surface area contributed by atoms with Crippen LogP contribution in [0, 0.1) is 12.7 Å². The number of aryl methyl sites for hydroxylation is 1. The highest BCUT2D eigenvalue weighted by Gasteiger charge is 2.04. The first kappa shape index (κ1) is 15.4. The van der Waals surface area contributed by atoms with E-state index in [2.05, 4.69) is 41.7 Å². The molecule has 3 rings (SSSR count). The number of rotatable bonds is 4. The fraction of sp³-hybridized carbons (Fsp3) is 0.0625. The minimum atomic E-state index is -0.288. The summed E-state index contributed by atoms with van der Waals surface area (Å²) in [4.78, 5) is 4.33. The molecule has 0 amide bonds. The molecular formula is C16H13BrFN5. The number of hydrogen-bond donors (Lipinski definition) is 2. The van der Waals surface area contributed by atoms with E-state index in [1.54, 1.807) is 12.1 Å². The van der Waals surface area contributed by atoms with Gasteiger partial charge in [0.2, 0.25) is 5.95 Å². The summed E-state index contributed by atoms with van der Waals surface area (Å²) in [5.41, 5.74) is 2.71. The molecule has 1 heterocycles. The van der Waals surface area contributed by atoms with Crippen LogP contribution >= 0.6 is 15.9 Å². The summed E-state index contributed by atoms with van der Waals surface area (Å²) in [5.74, 6) is 0.594. The molecule has 2 aromatic carbocycles. The molecule has 0 radical (unpaired) electrons. The molecule has 0 aliphatic rings. The Morgan fingerprint density at radius 3 is 2.48 bits per heavy atom. The Morgan fingerprint density at radius 2 is 1.74 bits per heavy atom. The topological polar surface area (TPSA) is 62.7 Å². The Hall–Kier alpha value is -2.54. The highest BCUT2D eigenvalue weighted by atomic mass is 79.9. The van der Waals surface area contributed by atoms with Crippen molar-refractivity contribution < 1.29 is 4.39 Å². The van der Waals surface area contributed by atoms with Gasteiger partial charge in [0.15, 0.2) is 5.82 Å². The largest absolute Gasteiger partial charge is 0.339 e. The maximum Gasteiger partial charge on any atom is 0.249 e. The molecule has 0 fully saturated rings. The van der Waals surface area contributed by atoms with Gasteiger partial charge >= 0.3 is 0 Å². The van der Waals surface area contributed by atoms with Crippen LogP contribution in [0.1, 0.15) is 5.56 Å². The van der Waals surface area contributed by atoms with Crippen molar-refractivity contribution >= 4 is 39.1 Å².